The first-order chi connectivity index (χ1) is 15.6. The maximum atomic E-state index is 13.3. The van der Waals surface area contributed by atoms with E-state index in [0.29, 0.717) is 38.2 Å². The topological polar surface area (TPSA) is 62.7 Å². The molecule has 33 heavy (non-hydrogen) atoms. The van der Waals surface area contributed by atoms with Crippen LogP contribution < -0.4 is 4.74 Å². The first-order valence-electron chi connectivity index (χ1n) is 10.5. The maximum Gasteiger partial charge on any atom is 0.422 e. The van der Waals surface area contributed by atoms with Gasteiger partial charge in [0.2, 0.25) is 10.0 Å². The standard InChI is InChI=1S/C23H24F3N3O3S/c1-17-12-19-5-3-7-21(22(19)27-14-17)33(30,31)29-10-8-28(9-11-29)15-18-4-2-6-20(13-18)32-16-23(24,25)26/h2-7,12-14H,8-11,15-16H2,1H3. The van der Waals surface area contributed by atoms with Gasteiger partial charge in [-0.15, -0.1) is 0 Å². The monoisotopic (exact) mass is 479 g/mol. The minimum Gasteiger partial charge on any atom is -0.484 e. The lowest BCUT2D eigenvalue weighted by atomic mass is 10.2. The van der Waals surface area contributed by atoms with Crippen molar-refractivity contribution >= 4 is 20.9 Å². The number of aryl methyl sites for hydroxylation is 1. The Balaban J connectivity index is 1.41. The van der Waals surface area contributed by atoms with Crippen LogP contribution in [0.25, 0.3) is 10.9 Å². The number of halogens is 3. The normalized spacial score (nSPS) is 16.2. The molecule has 0 amide bonds. The third-order valence-electron chi connectivity index (χ3n) is 5.47. The van der Waals surface area contributed by atoms with Crippen molar-refractivity contribution in [3.8, 4) is 5.75 Å². The SMILES string of the molecule is Cc1cnc2c(S(=O)(=O)N3CCN(Cc4cccc(OCC(F)(F)F)c4)CC3)cccc2c1. The van der Waals surface area contributed by atoms with E-state index >= 15 is 0 Å². The van der Waals surface area contributed by atoms with E-state index in [9.17, 15) is 21.6 Å². The predicted octanol–water partition coefficient (Wildman–Crippen LogP) is 3.99. The van der Waals surface area contributed by atoms with Crippen LogP contribution in [0.2, 0.25) is 0 Å². The number of para-hydroxylation sites is 1. The van der Waals surface area contributed by atoms with E-state index < -0.39 is 22.8 Å². The van der Waals surface area contributed by atoms with Gasteiger partial charge in [-0.25, -0.2) is 8.42 Å². The maximum absolute atomic E-state index is 13.3. The summed E-state index contributed by atoms with van der Waals surface area (Å²) < 4.78 is 70.0. The fraction of sp³-hybridized carbons (Fsp3) is 0.348. The Morgan fingerprint density at radius 1 is 1.03 bits per heavy atom. The second kappa shape index (κ2) is 9.28. The van der Waals surface area contributed by atoms with Crippen LogP contribution in [0, 0.1) is 6.92 Å². The smallest absolute Gasteiger partial charge is 0.422 e. The Labute approximate surface area is 190 Å². The zero-order chi connectivity index (χ0) is 23.6. The van der Waals surface area contributed by atoms with Gasteiger partial charge in [0.15, 0.2) is 6.61 Å². The zero-order valence-corrected chi connectivity index (χ0v) is 18.9. The van der Waals surface area contributed by atoms with E-state index in [2.05, 4.69) is 9.88 Å². The van der Waals surface area contributed by atoms with E-state index in [1.807, 2.05) is 25.1 Å². The molecule has 2 aromatic carbocycles. The molecule has 1 aliphatic heterocycles. The molecule has 0 unspecified atom stereocenters. The molecule has 0 radical (unpaired) electrons. The van der Waals surface area contributed by atoms with Gasteiger partial charge in [-0.1, -0.05) is 24.3 Å². The second-order valence-electron chi connectivity index (χ2n) is 8.07. The van der Waals surface area contributed by atoms with Gasteiger partial charge < -0.3 is 4.74 Å². The number of fused-ring (bicyclic) bond motifs is 1. The van der Waals surface area contributed by atoms with Crippen LogP contribution in [0.1, 0.15) is 11.1 Å². The van der Waals surface area contributed by atoms with Crippen LogP contribution in [0.15, 0.2) is 59.6 Å². The summed E-state index contributed by atoms with van der Waals surface area (Å²) >= 11 is 0. The molecule has 0 N–H and O–H groups in total. The van der Waals surface area contributed by atoms with Crippen molar-refractivity contribution in [1.82, 2.24) is 14.2 Å². The number of rotatable bonds is 6. The largest absolute Gasteiger partial charge is 0.484 e. The van der Waals surface area contributed by atoms with Gasteiger partial charge in [-0.2, -0.15) is 17.5 Å². The molecular weight excluding hydrogens is 455 g/mol. The molecule has 0 spiro atoms. The van der Waals surface area contributed by atoms with Crippen LogP contribution in [0.3, 0.4) is 0 Å². The highest BCUT2D eigenvalue weighted by atomic mass is 32.2. The molecule has 1 fully saturated rings. The number of hydrogen-bond donors (Lipinski definition) is 0. The molecule has 3 aromatic rings. The summed E-state index contributed by atoms with van der Waals surface area (Å²) in [6, 6.07) is 13.6. The number of alkyl halides is 3. The fourth-order valence-electron chi connectivity index (χ4n) is 3.88. The van der Waals surface area contributed by atoms with Crippen LogP contribution in [0.5, 0.6) is 5.75 Å². The molecule has 1 saturated heterocycles. The molecule has 2 heterocycles. The number of aromatic nitrogens is 1. The van der Waals surface area contributed by atoms with Crippen molar-refractivity contribution in [1.29, 1.82) is 0 Å². The van der Waals surface area contributed by atoms with E-state index in [1.165, 1.54) is 10.4 Å². The number of nitrogens with zero attached hydrogens (tertiary/aromatic N) is 3. The lowest BCUT2D eigenvalue weighted by molar-refractivity contribution is -0.153. The Kier molecular flexibility index (Phi) is 6.60. The van der Waals surface area contributed by atoms with Crippen LogP contribution in [-0.2, 0) is 16.6 Å². The predicted molar refractivity (Wildman–Crippen MR) is 119 cm³/mol. The third-order valence-corrected chi connectivity index (χ3v) is 7.40. The van der Waals surface area contributed by atoms with Gasteiger partial charge in [0.25, 0.3) is 0 Å². The summed E-state index contributed by atoms with van der Waals surface area (Å²) in [4.78, 5) is 6.62. The van der Waals surface area contributed by atoms with Gasteiger partial charge in [0.1, 0.15) is 10.6 Å². The molecule has 4 rings (SSSR count). The van der Waals surface area contributed by atoms with E-state index in [0.717, 1.165) is 16.5 Å². The summed E-state index contributed by atoms with van der Waals surface area (Å²) in [5.74, 6) is 0.157. The summed E-state index contributed by atoms with van der Waals surface area (Å²) in [7, 11) is -3.71. The molecule has 0 bridgehead atoms. The zero-order valence-electron chi connectivity index (χ0n) is 18.0. The van der Waals surface area contributed by atoms with Crippen molar-refractivity contribution in [3.63, 3.8) is 0 Å². The van der Waals surface area contributed by atoms with Crippen molar-refractivity contribution < 1.29 is 26.3 Å². The highest BCUT2D eigenvalue weighted by Gasteiger charge is 2.30. The molecule has 6 nitrogen and oxygen atoms in total. The molecule has 1 aliphatic rings. The van der Waals surface area contributed by atoms with Crippen molar-refractivity contribution in [3.05, 3.63) is 65.9 Å². The van der Waals surface area contributed by atoms with E-state index in [4.69, 9.17) is 4.74 Å². The van der Waals surface area contributed by atoms with Gasteiger partial charge in [-0.05, 0) is 42.3 Å². The quantitative estimate of drug-likeness (QED) is 0.535. The molecule has 0 saturated carbocycles. The summed E-state index contributed by atoms with van der Waals surface area (Å²) in [5, 5.41) is 0.780. The highest BCUT2D eigenvalue weighted by molar-refractivity contribution is 7.89. The first kappa shape index (κ1) is 23.5. The average molecular weight is 480 g/mol. The van der Waals surface area contributed by atoms with Crippen molar-refractivity contribution in [2.75, 3.05) is 32.8 Å². The Morgan fingerprint density at radius 3 is 2.48 bits per heavy atom. The number of hydrogen-bond acceptors (Lipinski definition) is 5. The van der Waals surface area contributed by atoms with Gasteiger partial charge in [0.05, 0.1) is 5.52 Å². The minimum atomic E-state index is -4.39. The second-order valence-corrected chi connectivity index (χ2v) is 9.98. The average Bonchev–Trinajstić information content (AvgIpc) is 2.77. The summed E-state index contributed by atoms with van der Waals surface area (Å²) in [5.41, 5.74) is 2.22. The molecule has 10 heteroatoms. The van der Waals surface area contributed by atoms with Crippen LogP contribution in [-0.4, -0.2) is 61.6 Å². The third kappa shape index (κ3) is 5.63. The molecule has 1 aromatic heterocycles. The minimum absolute atomic E-state index is 0.157. The fourth-order valence-corrected chi connectivity index (χ4v) is 5.46. The number of pyridine rings is 1. The van der Waals surface area contributed by atoms with Crippen LogP contribution >= 0.6 is 0 Å². The number of sulfonamides is 1. The van der Waals surface area contributed by atoms with Crippen molar-refractivity contribution in [2.24, 2.45) is 0 Å². The van der Waals surface area contributed by atoms with Crippen molar-refractivity contribution in [2.45, 2.75) is 24.5 Å². The molecule has 0 aliphatic carbocycles. The lowest BCUT2D eigenvalue weighted by Gasteiger charge is -2.34. The first-order valence-corrected chi connectivity index (χ1v) is 11.9. The van der Waals surface area contributed by atoms with Gasteiger partial charge in [0, 0.05) is 44.3 Å². The summed E-state index contributed by atoms with van der Waals surface area (Å²) in [6.45, 7) is 2.70. The molecular formula is C23H24F3N3O3S. The Bertz CT molecular complexity index is 1240. The number of benzene rings is 2. The highest BCUT2D eigenvalue weighted by Crippen LogP contribution is 2.26. The molecule has 176 valence electrons. The van der Waals surface area contributed by atoms with Gasteiger partial charge >= 0.3 is 6.18 Å². The summed E-state index contributed by atoms with van der Waals surface area (Å²) in [6.07, 6.45) is -2.73. The Hall–Kier alpha value is -2.69. The lowest BCUT2D eigenvalue weighted by Crippen LogP contribution is -2.48. The number of ether oxygens (including phenoxy) is 1. The Morgan fingerprint density at radius 2 is 1.76 bits per heavy atom. The van der Waals surface area contributed by atoms with Crippen LogP contribution in [0.4, 0.5) is 13.2 Å². The molecule has 0 atom stereocenters. The van der Waals surface area contributed by atoms with Gasteiger partial charge in [-0.3, -0.25) is 9.88 Å². The van der Waals surface area contributed by atoms with E-state index in [-0.39, 0.29) is 10.6 Å². The van der Waals surface area contributed by atoms with E-state index in [1.54, 1.807) is 30.5 Å². The number of piperazine rings is 1.